The predicted octanol–water partition coefficient (Wildman–Crippen LogP) is 3.41. The fraction of sp³-hybridized carbons (Fsp3) is 0.391. The van der Waals surface area contributed by atoms with Crippen LogP contribution in [0.1, 0.15) is 42.5 Å². The SMILES string of the molecule is COc1cccc(Cn2nc(C)c(C=CC(=O)OCC(=O)NC3(C#N)CCCC3)c2Cl)c1. The molecule has 1 aliphatic carbocycles. The molecule has 9 heteroatoms. The van der Waals surface area contributed by atoms with E-state index in [1.165, 1.54) is 12.2 Å². The Morgan fingerprint density at radius 1 is 1.38 bits per heavy atom. The Labute approximate surface area is 191 Å². The van der Waals surface area contributed by atoms with Crippen molar-refractivity contribution in [3.05, 3.63) is 52.3 Å². The first kappa shape index (κ1) is 23.4. The Hall–Kier alpha value is -3.31. The van der Waals surface area contributed by atoms with Crippen LogP contribution in [0.4, 0.5) is 0 Å². The van der Waals surface area contributed by atoms with Crippen molar-refractivity contribution in [1.82, 2.24) is 15.1 Å². The van der Waals surface area contributed by atoms with E-state index in [0.717, 1.165) is 24.2 Å². The van der Waals surface area contributed by atoms with E-state index in [4.69, 9.17) is 21.1 Å². The van der Waals surface area contributed by atoms with Crippen molar-refractivity contribution in [1.29, 1.82) is 5.26 Å². The third-order valence-corrected chi connectivity index (χ3v) is 5.76. The molecule has 1 aliphatic rings. The van der Waals surface area contributed by atoms with Gasteiger partial charge in [0.05, 0.1) is 25.4 Å². The summed E-state index contributed by atoms with van der Waals surface area (Å²) in [5.41, 5.74) is 1.36. The monoisotopic (exact) mass is 456 g/mol. The second-order valence-corrected chi connectivity index (χ2v) is 8.05. The molecule has 32 heavy (non-hydrogen) atoms. The number of aromatic nitrogens is 2. The molecule has 0 saturated heterocycles. The standard InChI is InChI=1S/C23H25ClN4O4/c1-16-19(22(24)28(27-16)13-17-6-5-7-18(12-17)31-2)8-9-21(30)32-14-20(29)26-23(15-25)10-3-4-11-23/h5-9,12H,3-4,10-11,13-14H2,1-2H3,(H,26,29). The summed E-state index contributed by atoms with van der Waals surface area (Å²) in [6, 6.07) is 9.74. The Kier molecular flexibility index (Phi) is 7.54. The summed E-state index contributed by atoms with van der Waals surface area (Å²) in [4.78, 5) is 24.1. The van der Waals surface area contributed by atoms with Crippen LogP contribution >= 0.6 is 11.6 Å². The van der Waals surface area contributed by atoms with E-state index in [1.807, 2.05) is 24.3 Å². The normalized spacial score (nSPS) is 14.8. The summed E-state index contributed by atoms with van der Waals surface area (Å²) in [5.74, 6) is -0.438. The summed E-state index contributed by atoms with van der Waals surface area (Å²) in [5, 5.41) is 16.8. The molecule has 2 aromatic rings. The minimum Gasteiger partial charge on any atom is -0.497 e. The van der Waals surface area contributed by atoms with Crippen molar-refractivity contribution in [3.8, 4) is 11.8 Å². The van der Waals surface area contributed by atoms with Gasteiger partial charge in [0.2, 0.25) is 0 Å². The number of hydrogen-bond acceptors (Lipinski definition) is 6. The number of benzene rings is 1. The number of rotatable bonds is 8. The lowest BCUT2D eigenvalue weighted by atomic mass is 10.00. The number of hydrogen-bond donors (Lipinski definition) is 1. The molecule has 3 rings (SSSR count). The molecular weight excluding hydrogens is 432 g/mol. The quantitative estimate of drug-likeness (QED) is 0.482. The van der Waals surface area contributed by atoms with Crippen molar-refractivity contribution in [3.63, 3.8) is 0 Å². The average molecular weight is 457 g/mol. The lowest BCUT2D eigenvalue weighted by molar-refractivity contribution is -0.144. The van der Waals surface area contributed by atoms with Crippen LogP contribution in [0.15, 0.2) is 30.3 Å². The van der Waals surface area contributed by atoms with Gasteiger partial charge in [-0.15, -0.1) is 0 Å². The van der Waals surface area contributed by atoms with Gasteiger partial charge in [0.25, 0.3) is 5.91 Å². The lowest BCUT2D eigenvalue weighted by Crippen LogP contribution is -2.46. The first-order valence-corrected chi connectivity index (χ1v) is 10.7. The highest BCUT2D eigenvalue weighted by molar-refractivity contribution is 6.31. The molecule has 0 bridgehead atoms. The van der Waals surface area contributed by atoms with E-state index in [1.54, 1.807) is 18.7 Å². The van der Waals surface area contributed by atoms with E-state index in [2.05, 4.69) is 16.5 Å². The van der Waals surface area contributed by atoms with Crippen LogP contribution in [0.3, 0.4) is 0 Å². The van der Waals surface area contributed by atoms with Crippen LogP contribution in [0, 0.1) is 18.3 Å². The highest BCUT2D eigenvalue weighted by Crippen LogP contribution is 2.28. The number of methoxy groups -OCH3 is 1. The largest absolute Gasteiger partial charge is 0.497 e. The predicted molar refractivity (Wildman–Crippen MR) is 119 cm³/mol. The molecule has 168 valence electrons. The molecule has 0 radical (unpaired) electrons. The number of nitriles is 1. The fourth-order valence-electron chi connectivity index (χ4n) is 3.69. The van der Waals surface area contributed by atoms with Crippen LogP contribution in [0.25, 0.3) is 6.08 Å². The third kappa shape index (κ3) is 5.68. The van der Waals surface area contributed by atoms with Gasteiger partial charge >= 0.3 is 5.97 Å². The highest BCUT2D eigenvalue weighted by atomic mass is 35.5. The second-order valence-electron chi connectivity index (χ2n) is 7.69. The molecule has 0 aliphatic heterocycles. The highest BCUT2D eigenvalue weighted by Gasteiger charge is 2.35. The molecule has 1 N–H and O–H groups in total. The van der Waals surface area contributed by atoms with Crippen LogP contribution in [-0.4, -0.2) is 40.9 Å². The van der Waals surface area contributed by atoms with Gasteiger partial charge in [0, 0.05) is 11.6 Å². The summed E-state index contributed by atoms with van der Waals surface area (Å²) in [6.45, 7) is 1.78. The van der Waals surface area contributed by atoms with E-state index in [-0.39, 0.29) is 0 Å². The average Bonchev–Trinajstić information content (AvgIpc) is 3.35. The molecule has 0 spiro atoms. The molecular formula is C23H25ClN4O4. The van der Waals surface area contributed by atoms with Crippen LogP contribution in [0.5, 0.6) is 5.75 Å². The van der Waals surface area contributed by atoms with E-state index in [0.29, 0.717) is 35.8 Å². The van der Waals surface area contributed by atoms with Gasteiger partial charge in [0.1, 0.15) is 16.4 Å². The van der Waals surface area contributed by atoms with Crippen LogP contribution < -0.4 is 10.1 Å². The maximum atomic E-state index is 12.1. The number of aryl methyl sites for hydroxylation is 1. The third-order valence-electron chi connectivity index (χ3n) is 5.36. The van der Waals surface area contributed by atoms with Gasteiger partial charge in [0.15, 0.2) is 6.61 Å². The molecule has 0 unspecified atom stereocenters. The molecule has 1 aromatic carbocycles. The molecule has 1 heterocycles. The topological polar surface area (TPSA) is 106 Å². The van der Waals surface area contributed by atoms with Crippen molar-refractivity contribution in [2.24, 2.45) is 0 Å². The zero-order valence-electron chi connectivity index (χ0n) is 18.1. The first-order chi connectivity index (χ1) is 15.4. The maximum absolute atomic E-state index is 12.1. The van der Waals surface area contributed by atoms with Gasteiger partial charge < -0.3 is 14.8 Å². The molecule has 1 saturated carbocycles. The van der Waals surface area contributed by atoms with Gasteiger partial charge in [-0.3, -0.25) is 4.79 Å². The van der Waals surface area contributed by atoms with Crippen LogP contribution in [-0.2, 0) is 20.9 Å². The van der Waals surface area contributed by atoms with E-state index < -0.39 is 24.0 Å². The zero-order chi connectivity index (χ0) is 23.1. The summed E-state index contributed by atoms with van der Waals surface area (Å²) in [6.07, 6.45) is 5.72. The maximum Gasteiger partial charge on any atom is 0.331 e. The number of nitrogens with one attached hydrogen (secondary N) is 1. The smallest absolute Gasteiger partial charge is 0.331 e. The second kappa shape index (κ2) is 10.3. The van der Waals surface area contributed by atoms with Gasteiger partial charge in [-0.05, 0) is 56.4 Å². The Morgan fingerprint density at radius 3 is 2.81 bits per heavy atom. The van der Waals surface area contributed by atoms with Crippen molar-refractivity contribution >= 4 is 29.6 Å². The number of carbonyl (C=O) groups is 2. The Bertz CT molecular complexity index is 1060. The lowest BCUT2D eigenvalue weighted by Gasteiger charge is -2.21. The van der Waals surface area contributed by atoms with Gasteiger partial charge in [-0.1, -0.05) is 23.7 Å². The number of ether oxygens (including phenoxy) is 2. The minimum atomic E-state index is -0.846. The van der Waals surface area contributed by atoms with Crippen molar-refractivity contribution in [2.75, 3.05) is 13.7 Å². The van der Waals surface area contributed by atoms with Gasteiger partial charge in [-0.2, -0.15) is 10.4 Å². The fourth-order valence-corrected chi connectivity index (χ4v) is 3.98. The molecule has 1 amide bonds. The minimum absolute atomic E-state index is 0.379. The summed E-state index contributed by atoms with van der Waals surface area (Å²) in [7, 11) is 1.60. The van der Waals surface area contributed by atoms with E-state index >= 15 is 0 Å². The van der Waals surface area contributed by atoms with Crippen molar-refractivity contribution in [2.45, 2.75) is 44.7 Å². The summed E-state index contributed by atoms with van der Waals surface area (Å²) < 4.78 is 11.9. The van der Waals surface area contributed by atoms with Crippen LogP contribution in [0.2, 0.25) is 5.15 Å². The number of halogens is 1. The zero-order valence-corrected chi connectivity index (χ0v) is 18.8. The Balaban J connectivity index is 1.58. The molecule has 8 nitrogen and oxygen atoms in total. The number of esters is 1. The number of amides is 1. The number of carbonyl (C=O) groups excluding carboxylic acids is 2. The molecule has 1 fully saturated rings. The van der Waals surface area contributed by atoms with Gasteiger partial charge in [-0.25, -0.2) is 9.48 Å². The number of nitrogens with zero attached hydrogens (tertiary/aromatic N) is 3. The van der Waals surface area contributed by atoms with E-state index in [9.17, 15) is 14.9 Å². The first-order valence-electron chi connectivity index (χ1n) is 10.3. The molecule has 0 atom stereocenters. The Morgan fingerprint density at radius 2 is 2.12 bits per heavy atom. The summed E-state index contributed by atoms with van der Waals surface area (Å²) >= 11 is 6.46. The molecule has 1 aromatic heterocycles. The van der Waals surface area contributed by atoms with Crippen molar-refractivity contribution < 1.29 is 19.1 Å².